The van der Waals surface area contributed by atoms with Crippen LogP contribution in [-0.2, 0) is 19.9 Å². The van der Waals surface area contributed by atoms with Gasteiger partial charge in [-0.15, -0.1) is 0 Å². The summed E-state index contributed by atoms with van der Waals surface area (Å²) in [7, 11) is 1.94. The van der Waals surface area contributed by atoms with Gasteiger partial charge in [0.1, 0.15) is 0 Å². The maximum atomic E-state index is 10.4. The Morgan fingerprint density at radius 3 is 2.32 bits per heavy atom. The fourth-order valence-corrected chi connectivity index (χ4v) is 2.40. The molecule has 2 aromatic rings. The summed E-state index contributed by atoms with van der Waals surface area (Å²) in [6.45, 7) is 6.17. The zero-order valence-electron chi connectivity index (χ0n) is 12.1. The highest BCUT2D eigenvalue weighted by atomic mass is 16.3. The Morgan fingerprint density at radius 2 is 1.84 bits per heavy atom. The maximum Gasteiger partial charge on any atom is 0.0831 e. The Kier molecular flexibility index (Phi) is 4.05. The van der Waals surface area contributed by atoms with Crippen LogP contribution >= 0.6 is 0 Å². The molecule has 0 radical (unpaired) electrons. The van der Waals surface area contributed by atoms with Crippen molar-refractivity contribution in [2.24, 2.45) is 7.05 Å². The molecule has 3 heteroatoms. The van der Waals surface area contributed by atoms with Crippen LogP contribution in [-0.4, -0.2) is 14.9 Å². The van der Waals surface area contributed by atoms with E-state index in [4.69, 9.17) is 0 Å². The van der Waals surface area contributed by atoms with Gasteiger partial charge in [0.2, 0.25) is 0 Å². The lowest BCUT2D eigenvalue weighted by molar-refractivity contribution is 0.178. The van der Waals surface area contributed by atoms with Gasteiger partial charge in [0, 0.05) is 19.2 Å². The largest absolute Gasteiger partial charge is 0.388 e. The van der Waals surface area contributed by atoms with E-state index in [1.807, 2.05) is 37.7 Å². The standard InChI is InChI=1S/C16H22N2O/c1-5-13-6-8-14(9-7-13)16(19)10-15-11(2)17-18(4)12(15)3/h6-9,16,19H,5,10H2,1-4H3. The topological polar surface area (TPSA) is 38.1 Å². The van der Waals surface area contributed by atoms with Crippen LogP contribution in [0.5, 0.6) is 0 Å². The van der Waals surface area contributed by atoms with Crippen LogP contribution in [0.25, 0.3) is 0 Å². The van der Waals surface area contributed by atoms with Gasteiger partial charge in [-0.1, -0.05) is 31.2 Å². The van der Waals surface area contributed by atoms with Crippen LogP contribution in [0.3, 0.4) is 0 Å². The van der Waals surface area contributed by atoms with Gasteiger partial charge in [-0.25, -0.2) is 0 Å². The quantitative estimate of drug-likeness (QED) is 0.915. The second-order valence-electron chi connectivity index (χ2n) is 5.09. The lowest BCUT2D eigenvalue weighted by Gasteiger charge is -2.12. The third kappa shape index (κ3) is 2.87. The van der Waals surface area contributed by atoms with E-state index in [-0.39, 0.29) is 0 Å². The molecule has 1 aromatic carbocycles. The van der Waals surface area contributed by atoms with Crippen LogP contribution in [0.1, 0.15) is 41.1 Å². The zero-order valence-corrected chi connectivity index (χ0v) is 12.1. The Bertz CT molecular complexity index is 555. The monoisotopic (exact) mass is 258 g/mol. The summed E-state index contributed by atoms with van der Waals surface area (Å²) in [5, 5.41) is 14.7. The summed E-state index contributed by atoms with van der Waals surface area (Å²) in [5.41, 5.74) is 5.55. The summed E-state index contributed by atoms with van der Waals surface area (Å²) in [6.07, 6.45) is 1.18. The first kappa shape index (κ1) is 13.8. The highest BCUT2D eigenvalue weighted by molar-refractivity contribution is 5.29. The predicted octanol–water partition coefficient (Wildman–Crippen LogP) is 2.88. The molecular weight excluding hydrogens is 236 g/mol. The maximum absolute atomic E-state index is 10.4. The molecule has 0 aliphatic rings. The molecule has 1 atom stereocenters. The van der Waals surface area contributed by atoms with Crippen molar-refractivity contribution in [1.82, 2.24) is 9.78 Å². The van der Waals surface area contributed by atoms with Crippen molar-refractivity contribution in [1.29, 1.82) is 0 Å². The van der Waals surface area contributed by atoms with E-state index < -0.39 is 6.10 Å². The molecule has 0 saturated carbocycles. The number of aliphatic hydroxyl groups is 1. The number of hydrogen-bond donors (Lipinski definition) is 1. The predicted molar refractivity (Wildman–Crippen MR) is 77.2 cm³/mol. The summed E-state index contributed by atoms with van der Waals surface area (Å²) in [6, 6.07) is 8.21. The van der Waals surface area contributed by atoms with Gasteiger partial charge in [-0.05, 0) is 37.0 Å². The number of aromatic nitrogens is 2. The molecule has 1 heterocycles. The number of hydrogen-bond acceptors (Lipinski definition) is 2. The Labute approximate surface area is 114 Å². The second kappa shape index (κ2) is 5.57. The lowest BCUT2D eigenvalue weighted by atomic mass is 9.99. The number of aryl methyl sites for hydroxylation is 3. The molecule has 1 N–H and O–H groups in total. The fourth-order valence-electron chi connectivity index (χ4n) is 2.40. The van der Waals surface area contributed by atoms with Gasteiger partial charge in [-0.2, -0.15) is 5.10 Å². The minimum Gasteiger partial charge on any atom is -0.388 e. The summed E-state index contributed by atoms with van der Waals surface area (Å²) < 4.78 is 1.87. The van der Waals surface area contributed by atoms with E-state index in [0.717, 1.165) is 28.9 Å². The number of nitrogens with zero attached hydrogens (tertiary/aromatic N) is 2. The van der Waals surface area contributed by atoms with Gasteiger partial charge >= 0.3 is 0 Å². The third-order valence-electron chi connectivity index (χ3n) is 3.83. The summed E-state index contributed by atoms with van der Waals surface area (Å²) >= 11 is 0. The first-order valence-corrected chi connectivity index (χ1v) is 6.79. The molecule has 0 saturated heterocycles. The molecule has 0 aliphatic heterocycles. The molecule has 0 spiro atoms. The molecule has 0 fully saturated rings. The van der Waals surface area contributed by atoms with Crippen molar-refractivity contribution in [3.63, 3.8) is 0 Å². The van der Waals surface area contributed by atoms with Crippen molar-refractivity contribution in [3.05, 3.63) is 52.3 Å². The van der Waals surface area contributed by atoms with Crippen LogP contribution in [0.2, 0.25) is 0 Å². The van der Waals surface area contributed by atoms with Gasteiger partial charge < -0.3 is 5.11 Å². The van der Waals surface area contributed by atoms with E-state index in [1.54, 1.807) is 0 Å². The highest BCUT2D eigenvalue weighted by Gasteiger charge is 2.15. The average Bonchev–Trinajstić information content (AvgIpc) is 2.65. The normalized spacial score (nSPS) is 12.7. The van der Waals surface area contributed by atoms with Crippen LogP contribution < -0.4 is 0 Å². The SMILES string of the molecule is CCc1ccc(C(O)Cc2c(C)nn(C)c2C)cc1. The van der Waals surface area contributed by atoms with Gasteiger partial charge in [0.15, 0.2) is 0 Å². The first-order valence-electron chi connectivity index (χ1n) is 6.79. The molecule has 0 amide bonds. The third-order valence-corrected chi connectivity index (χ3v) is 3.83. The van der Waals surface area contributed by atoms with Gasteiger partial charge in [-0.3, -0.25) is 4.68 Å². The second-order valence-corrected chi connectivity index (χ2v) is 5.09. The average molecular weight is 258 g/mol. The molecule has 0 bridgehead atoms. The lowest BCUT2D eigenvalue weighted by Crippen LogP contribution is -2.04. The van der Waals surface area contributed by atoms with E-state index >= 15 is 0 Å². The summed E-state index contributed by atoms with van der Waals surface area (Å²) in [4.78, 5) is 0. The minimum absolute atomic E-state index is 0.465. The molecule has 1 unspecified atom stereocenters. The van der Waals surface area contributed by atoms with Crippen molar-refractivity contribution >= 4 is 0 Å². The number of aliphatic hydroxyl groups excluding tert-OH is 1. The van der Waals surface area contributed by atoms with E-state index in [9.17, 15) is 5.11 Å². The number of benzene rings is 1. The molecule has 3 nitrogen and oxygen atoms in total. The zero-order chi connectivity index (χ0) is 14.0. The molecule has 19 heavy (non-hydrogen) atoms. The van der Waals surface area contributed by atoms with Crippen LogP contribution in [0.15, 0.2) is 24.3 Å². The van der Waals surface area contributed by atoms with Gasteiger partial charge in [0.05, 0.1) is 11.8 Å². The highest BCUT2D eigenvalue weighted by Crippen LogP contribution is 2.22. The first-order chi connectivity index (χ1) is 9.02. The van der Waals surface area contributed by atoms with Crippen molar-refractivity contribution in [2.45, 2.75) is 39.7 Å². The fraction of sp³-hybridized carbons (Fsp3) is 0.438. The Hall–Kier alpha value is -1.61. The molecule has 1 aromatic heterocycles. The van der Waals surface area contributed by atoms with E-state index in [0.29, 0.717) is 6.42 Å². The van der Waals surface area contributed by atoms with Gasteiger partial charge in [0.25, 0.3) is 0 Å². The van der Waals surface area contributed by atoms with Crippen molar-refractivity contribution < 1.29 is 5.11 Å². The number of rotatable bonds is 4. The summed E-state index contributed by atoms with van der Waals surface area (Å²) in [5.74, 6) is 0. The Balaban J connectivity index is 2.17. The molecule has 102 valence electrons. The van der Waals surface area contributed by atoms with E-state index in [2.05, 4.69) is 24.2 Å². The minimum atomic E-state index is -0.465. The van der Waals surface area contributed by atoms with Crippen molar-refractivity contribution in [2.75, 3.05) is 0 Å². The Morgan fingerprint density at radius 1 is 1.21 bits per heavy atom. The van der Waals surface area contributed by atoms with Crippen LogP contribution in [0, 0.1) is 13.8 Å². The van der Waals surface area contributed by atoms with Crippen LogP contribution in [0.4, 0.5) is 0 Å². The van der Waals surface area contributed by atoms with E-state index in [1.165, 1.54) is 5.56 Å². The molecule has 0 aliphatic carbocycles. The molecule has 2 rings (SSSR count). The smallest absolute Gasteiger partial charge is 0.0831 e. The van der Waals surface area contributed by atoms with Crippen molar-refractivity contribution in [3.8, 4) is 0 Å². The molecular formula is C16H22N2O.